The molecule has 0 aliphatic carbocycles. The van der Waals surface area contributed by atoms with Crippen molar-refractivity contribution in [3.05, 3.63) is 75.5 Å². The van der Waals surface area contributed by atoms with E-state index >= 15 is 0 Å². The van der Waals surface area contributed by atoms with Crippen LogP contribution in [-0.4, -0.2) is 28.0 Å². The minimum atomic E-state index is -0.429. The quantitative estimate of drug-likeness (QED) is 0.590. The Morgan fingerprint density at radius 1 is 1.21 bits per heavy atom. The number of hydrogen-bond donors (Lipinski definition) is 1. The van der Waals surface area contributed by atoms with Gasteiger partial charge in [0.15, 0.2) is 0 Å². The molecule has 1 atom stereocenters. The lowest BCUT2D eigenvalue weighted by Gasteiger charge is -2.13. The molecule has 29 heavy (non-hydrogen) atoms. The number of carbonyl (C=O) groups is 1. The van der Waals surface area contributed by atoms with Gasteiger partial charge in [-0.2, -0.15) is 9.78 Å². The monoisotopic (exact) mass is 429 g/mol. The molecule has 1 amide bonds. The van der Waals surface area contributed by atoms with Crippen molar-refractivity contribution in [2.24, 2.45) is 0 Å². The van der Waals surface area contributed by atoms with Crippen molar-refractivity contribution < 1.29 is 9.53 Å². The maximum Gasteiger partial charge on any atom is 0.271 e. The van der Waals surface area contributed by atoms with Crippen LogP contribution in [0, 0.1) is 6.92 Å². The van der Waals surface area contributed by atoms with Crippen molar-refractivity contribution in [2.45, 2.75) is 24.1 Å². The van der Waals surface area contributed by atoms with Crippen molar-refractivity contribution in [3.8, 4) is 11.4 Å². The molecule has 1 aromatic heterocycles. The summed E-state index contributed by atoms with van der Waals surface area (Å²) < 4.78 is 6.44. The summed E-state index contributed by atoms with van der Waals surface area (Å²) in [7, 11) is 1.57. The van der Waals surface area contributed by atoms with Crippen molar-refractivity contribution in [3.63, 3.8) is 0 Å². The van der Waals surface area contributed by atoms with Gasteiger partial charge in [-0.3, -0.25) is 9.59 Å². The zero-order valence-corrected chi connectivity index (χ0v) is 17.8. The number of anilines is 1. The number of amides is 1. The first-order chi connectivity index (χ1) is 13.9. The van der Waals surface area contributed by atoms with Gasteiger partial charge in [0.05, 0.1) is 18.0 Å². The Kier molecular flexibility index (Phi) is 6.61. The van der Waals surface area contributed by atoms with Crippen LogP contribution in [0.5, 0.6) is 5.75 Å². The van der Waals surface area contributed by atoms with E-state index in [1.807, 2.05) is 13.0 Å². The van der Waals surface area contributed by atoms with Crippen molar-refractivity contribution in [1.82, 2.24) is 9.78 Å². The Morgan fingerprint density at radius 3 is 2.72 bits per heavy atom. The molecule has 0 radical (unpaired) electrons. The summed E-state index contributed by atoms with van der Waals surface area (Å²) in [6.45, 7) is 3.66. The number of rotatable bonds is 6. The molecule has 0 aliphatic heterocycles. The van der Waals surface area contributed by atoms with E-state index in [0.717, 1.165) is 5.56 Å². The molecule has 0 bridgehead atoms. The lowest BCUT2D eigenvalue weighted by Crippen LogP contribution is -2.24. The number of methoxy groups -OCH3 is 1. The Labute approximate surface area is 177 Å². The normalized spacial score (nSPS) is 11.7. The van der Waals surface area contributed by atoms with Crippen LogP contribution in [0.4, 0.5) is 5.69 Å². The summed E-state index contributed by atoms with van der Waals surface area (Å²) in [6.07, 6.45) is 0. The highest BCUT2D eigenvalue weighted by molar-refractivity contribution is 8.00. The number of aryl methyl sites for hydroxylation is 1. The molecule has 0 fully saturated rings. The van der Waals surface area contributed by atoms with E-state index in [9.17, 15) is 9.59 Å². The topological polar surface area (TPSA) is 73.2 Å². The fraction of sp³-hybridized carbons (Fsp3) is 0.190. The molecule has 2 aromatic carbocycles. The number of thioether (sulfide) groups is 1. The first kappa shape index (κ1) is 21.0. The van der Waals surface area contributed by atoms with E-state index in [1.54, 1.807) is 56.5 Å². The van der Waals surface area contributed by atoms with Gasteiger partial charge < -0.3 is 10.1 Å². The van der Waals surface area contributed by atoms with Crippen LogP contribution in [0.1, 0.15) is 12.5 Å². The smallest absolute Gasteiger partial charge is 0.271 e. The van der Waals surface area contributed by atoms with Crippen molar-refractivity contribution in [2.75, 3.05) is 12.4 Å². The lowest BCUT2D eigenvalue weighted by molar-refractivity contribution is -0.115. The zero-order valence-electron chi connectivity index (χ0n) is 16.2. The van der Waals surface area contributed by atoms with Crippen LogP contribution in [-0.2, 0) is 4.79 Å². The van der Waals surface area contributed by atoms with Gasteiger partial charge in [-0.25, -0.2) is 0 Å². The number of ether oxygens (including phenoxy) is 1. The molecule has 0 aliphatic rings. The number of halogens is 1. The number of hydrogen-bond acceptors (Lipinski definition) is 5. The predicted octanol–water partition coefficient (Wildman–Crippen LogP) is 4.32. The Bertz CT molecular complexity index is 1100. The van der Waals surface area contributed by atoms with Gasteiger partial charge in [-0.05, 0) is 49.7 Å². The molecule has 6 nitrogen and oxygen atoms in total. The average Bonchev–Trinajstić information content (AvgIpc) is 2.71. The van der Waals surface area contributed by atoms with E-state index in [0.29, 0.717) is 27.2 Å². The highest BCUT2D eigenvalue weighted by Gasteiger charge is 2.17. The maximum atomic E-state index is 12.5. The molecule has 3 aromatic rings. The summed E-state index contributed by atoms with van der Waals surface area (Å²) in [6, 6.07) is 15.5. The first-order valence-corrected chi connectivity index (χ1v) is 10.1. The Balaban J connectivity index is 1.76. The number of nitrogens with one attached hydrogen (secondary N) is 1. The molecular weight excluding hydrogens is 410 g/mol. The second kappa shape index (κ2) is 9.15. The summed E-state index contributed by atoms with van der Waals surface area (Å²) in [4.78, 5) is 24.8. The molecule has 8 heteroatoms. The van der Waals surface area contributed by atoms with Crippen LogP contribution >= 0.6 is 23.4 Å². The molecular formula is C21H20ClN3O3S. The van der Waals surface area contributed by atoms with Crippen LogP contribution in [0.3, 0.4) is 0 Å². The molecule has 0 spiro atoms. The molecule has 0 unspecified atom stereocenters. The van der Waals surface area contributed by atoms with E-state index in [-0.39, 0.29) is 11.5 Å². The van der Waals surface area contributed by atoms with Gasteiger partial charge in [0.25, 0.3) is 5.56 Å². The van der Waals surface area contributed by atoms with E-state index in [1.165, 1.54) is 22.5 Å². The third kappa shape index (κ3) is 5.19. The summed E-state index contributed by atoms with van der Waals surface area (Å²) >= 11 is 7.43. The van der Waals surface area contributed by atoms with Gasteiger partial charge >= 0.3 is 0 Å². The standard InChI is InChI=1S/C21H20ClN3O3S/c1-13-7-8-16(12-18(13)22)25-20(26)10-9-19(24-25)29-14(2)21(27)23-15-5-4-6-17(11-15)28-3/h4-12,14H,1-3H3,(H,23,27)/t14-/m1/s1. The number of benzene rings is 2. The minimum absolute atomic E-state index is 0.179. The largest absolute Gasteiger partial charge is 0.497 e. The summed E-state index contributed by atoms with van der Waals surface area (Å²) in [5.74, 6) is 0.481. The SMILES string of the molecule is COc1cccc(NC(=O)[C@@H](C)Sc2ccc(=O)n(-c3ccc(C)c(Cl)c3)n2)c1. The van der Waals surface area contributed by atoms with E-state index in [4.69, 9.17) is 16.3 Å². The minimum Gasteiger partial charge on any atom is -0.497 e. The second-order valence-electron chi connectivity index (χ2n) is 6.34. The van der Waals surface area contributed by atoms with E-state index in [2.05, 4.69) is 10.4 Å². The molecule has 1 N–H and O–H groups in total. The molecule has 0 saturated carbocycles. The van der Waals surface area contributed by atoms with Crippen LogP contribution in [0.2, 0.25) is 5.02 Å². The predicted molar refractivity (Wildman–Crippen MR) is 117 cm³/mol. The van der Waals surface area contributed by atoms with Gasteiger partial charge in [-0.15, -0.1) is 0 Å². The zero-order chi connectivity index (χ0) is 21.0. The fourth-order valence-electron chi connectivity index (χ4n) is 2.54. The molecule has 150 valence electrons. The van der Waals surface area contributed by atoms with Crippen LogP contribution < -0.4 is 15.6 Å². The number of carbonyl (C=O) groups excluding carboxylic acids is 1. The molecule has 0 saturated heterocycles. The highest BCUT2D eigenvalue weighted by atomic mass is 35.5. The molecule has 1 heterocycles. The third-order valence-electron chi connectivity index (χ3n) is 4.18. The summed E-state index contributed by atoms with van der Waals surface area (Å²) in [5.41, 5.74) is 1.86. The lowest BCUT2D eigenvalue weighted by atomic mass is 10.2. The Morgan fingerprint density at radius 2 is 2.00 bits per heavy atom. The van der Waals surface area contributed by atoms with Gasteiger partial charge in [0, 0.05) is 22.8 Å². The Hall–Kier alpha value is -2.77. The van der Waals surface area contributed by atoms with Crippen LogP contribution in [0.15, 0.2) is 64.4 Å². The first-order valence-electron chi connectivity index (χ1n) is 8.86. The highest BCUT2D eigenvalue weighted by Crippen LogP contribution is 2.24. The average molecular weight is 430 g/mol. The van der Waals surface area contributed by atoms with Crippen LogP contribution in [0.25, 0.3) is 5.69 Å². The number of aromatic nitrogens is 2. The third-order valence-corrected chi connectivity index (χ3v) is 5.61. The van der Waals surface area contributed by atoms with E-state index < -0.39 is 5.25 Å². The number of nitrogens with zero attached hydrogens (tertiary/aromatic N) is 2. The summed E-state index contributed by atoms with van der Waals surface area (Å²) in [5, 5.41) is 7.91. The van der Waals surface area contributed by atoms with Gasteiger partial charge in [-0.1, -0.05) is 35.5 Å². The second-order valence-corrected chi connectivity index (χ2v) is 8.10. The maximum absolute atomic E-state index is 12.5. The fourth-order valence-corrected chi connectivity index (χ4v) is 3.51. The van der Waals surface area contributed by atoms with Crippen molar-refractivity contribution >= 4 is 35.0 Å². The van der Waals surface area contributed by atoms with Crippen molar-refractivity contribution in [1.29, 1.82) is 0 Å². The van der Waals surface area contributed by atoms with Gasteiger partial charge in [0.1, 0.15) is 10.8 Å². The van der Waals surface area contributed by atoms with Gasteiger partial charge in [0.2, 0.25) is 5.91 Å². The molecule has 3 rings (SSSR count).